The molecule has 7 nitrogen and oxygen atoms in total. The Bertz CT molecular complexity index is 245. The van der Waals surface area contributed by atoms with Crippen LogP contribution in [0.5, 0.6) is 0 Å². The van der Waals surface area contributed by atoms with E-state index >= 15 is 0 Å². The molecule has 12 heavy (non-hydrogen) atoms. The van der Waals surface area contributed by atoms with Gasteiger partial charge in [0.15, 0.2) is 0 Å². The van der Waals surface area contributed by atoms with E-state index < -0.39 is 27.2 Å². The van der Waals surface area contributed by atoms with Crippen LogP contribution >= 0.6 is 24.8 Å². The SMILES string of the molecule is Cl.Cl.[KH].[O]=[Cr](=[O])([OH])[O][Cr](=[O])(=[O])[OH]. The average molecular weight is 331 g/mol. The van der Waals surface area contributed by atoms with Crippen molar-refractivity contribution >= 4 is 76.2 Å². The first-order valence-corrected chi connectivity index (χ1v) is 5.63. The fraction of sp³-hybridized carbons (Fsp3) is 0. The number of hydrogen-bond acceptors (Lipinski definition) is 5. The molecule has 12 heteroatoms. The zero-order chi connectivity index (χ0) is 7.71. The maximum absolute atomic E-state index is 9.53. The summed E-state index contributed by atoms with van der Waals surface area (Å²) in [6.07, 6.45) is 0. The second kappa shape index (κ2) is 8.65. The van der Waals surface area contributed by atoms with Crippen molar-refractivity contribution in [3.05, 3.63) is 0 Å². The molecular weight excluding hydrogens is 326 g/mol. The molecule has 0 spiro atoms. The van der Waals surface area contributed by atoms with Gasteiger partial charge in [0.2, 0.25) is 0 Å². The van der Waals surface area contributed by atoms with E-state index in [0.717, 1.165) is 0 Å². The van der Waals surface area contributed by atoms with E-state index in [0.29, 0.717) is 0 Å². The van der Waals surface area contributed by atoms with Gasteiger partial charge in [0.1, 0.15) is 0 Å². The van der Waals surface area contributed by atoms with Crippen LogP contribution in [-0.2, 0) is 45.3 Å². The Morgan fingerprint density at radius 1 is 0.833 bits per heavy atom. The Kier molecular flexibility index (Phi) is 17.2. The van der Waals surface area contributed by atoms with Crippen LogP contribution in [0.1, 0.15) is 0 Å². The van der Waals surface area contributed by atoms with Crippen LogP contribution in [0.4, 0.5) is 0 Å². The molecule has 0 aliphatic heterocycles. The van der Waals surface area contributed by atoms with Crippen LogP contribution in [0.2, 0.25) is 0 Å². The summed E-state index contributed by atoms with van der Waals surface area (Å²) in [5, 5.41) is 0. The third-order valence-electron chi connectivity index (χ3n) is 0.172. The summed E-state index contributed by atoms with van der Waals surface area (Å²) in [7, 11) is 0. The van der Waals surface area contributed by atoms with Crippen LogP contribution in [0, 0.1) is 0 Å². The minimum atomic E-state index is -5.76. The van der Waals surface area contributed by atoms with E-state index in [1.165, 1.54) is 0 Å². The minimum absolute atomic E-state index is 0. The monoisotopic (exact) mass is 330 g/mol. The molecule has 0 fully saturated rings. The molecule has 0 aliphatic carbocycles. The van der Waals surface area contributed by atoms with Gasteiger partial charge in [-0.05, 0) is 0 Å². The molecule has 0 unspecified atom stereocenters. The third-order valence-corrected chi connectivity index (χ3v) is 2.92. The Balaban J connectivity index is -0.000000107. The van der Waals surface area contributed by atoms with E-state index in [-0.39, 0.29) is 76.2 Å². The Morgan fingerprint density at radius 2 is 1.00 bits per heavy atom. The Morgan fingerprint density at radius 3 is 1.00 bits per heavy atom. The molecule has 0 aromatic heterocycles. The molecule has 0 saturated carbocycles. The summed E-state index contributed by atoms with van der Waals surface area (Å²) < 4.78 is 56.3. The van der Waals surface area contributed by atoms with Crippen molar-refractivity contribution < 1.29 is 53.6 Å². The molecule has 0 aliphatic rings. The van der Waals surface area contributed by atoms with Gasteiger partial charge in [-0.25, -0.2) is 0 Å². The fourth-order valence-corrected chi connectivity index (χ4v) is 1.85. The first-order valence-electron chi connectivity index (χ1n) is 1.37. The van der Waals surface area contributed by atoms with Gasteiger partial charge in [-0.1, -0.05) is 0 Å². The van der Waals surface area contributed by atoms with Gasteiger partial charge in [0, 0.05) is 0 Å². The number of hydrogen-bond donors (Lipinski definition) is 2. The van der Waals surface area contributed by atoms with Crippen molar-refractivity contribution in [3.8, 4) is 0 Å². The van der Waals surface area contributed by atoms with E-state index in [1.54, 1.807) is 0 Å². The average Bonchev–Trinajstić information content (AvgIpc) is 1.14. The first kappa shape index (κ1) is 23.9. The number of rotatable bonds is 2. The zero-order valence-corrected chi connectivity index (χ0v) is 8.75. The predicted octanol–water partition coefficient (Wildman–Crippen LogP) is -1.47. The maximum atomic E-state index is 9.53. The zero-order valence-electron chi connectivity index (χ0n) is 4.57. The van der Waals surface area contributed by atoms with Crippen molar-refractivity contribution in [3.63, 3.8) is 0 Å². The van der Waals surface area contributed by atoms with Crippen LogP contribution < -0.4 is 0 Å². The molecule has 0 bridgehead atoms. The molecular formula is H5Cl2Cr2KO7. The molecule has 0 rings (SSSR count). The van der Waals surface area contributed by atoms with Crippen LogP contribution in [0.3, 0.4) is 0 Å². The Labute approximate surface area is 127 Å². The van der Waals surface area contributed by atoms with E-state index in [1.807, 2.05) is 0 Å². The molecule has 0 aromatic carbocycles. The first-order chi connectivity index (χ1) is 3.71. The standard InChI is InChI=1S/2ClH.2Cr.K.2H2O.5O.H/h2*1H;;;;2*1H2;;;;;;/q;;2*+1;;;;;;;;;/p-2. The molecule has 0 saturated heterocycles. The van der Waals surface area contributed by atoms with Crippen LogP contribution in [0.15, 0.2) is 0 Å². The van der Waals surface area contributed by atoms with Gasteiger partial charge in [0.25, 0.3) is 0 Å². The molecule has 0 aromatic rings. The van der Waals surface area contributed by atoms with Gasteiger partial charge in [0.05, 0.1) is 0 Å². The van der Waals surface area contributed by atoms with Gasteiger partial charge in [-0.3, -0.25) is 0 Å². The summed E-state index contributed by atoms with van der Waals surface area (Å²) in [5.41, 5.74) is 0. The molecule has 0 radical (unpaired) electrons. The molecule has 2 N–H and O–H groups in total. The van der Waals surface area contributed by atoms with Crippen molar-refractivity contribution in [2.45, 2.75) is 0 Å². The molecule has 0 amide bonds. The summed E-state index contributed by atoms with van der Waals surface area (Å²) in [6.45, 7) is 0. The van der Waals surface area contributed by atoms with E-state index in [4.69, 9.17) is 8.32 Å². The fourth-order valence-electron chi connectivity index (χ4n) is 0.109. The quantitative estimate of drug-likeness (QED) is 0.593. The van der Waals surface area contributed by atoms with Gasteiger partial charge in [-0.2, -0.15) is 0 Å². The second-order valence-electron chi connectivity index (χ2n) is 0.924. The molecule has 0 atom stereocenters. The van der Waals surface area contributed by atoms with Crippen molar-refractivity contribution in [1.82, 2.24) is 0 Å². The second-order valence-corrected chi connectivity index (χ2v) is 4.68. The number of halogens is 2. The van der Waals surface area contributed by atoms with Gasteiger partial charge >= 0.3 is 105 Å². The third kappa shape index (κ3) is 22.8. The van der Waals surface area contributed by atoms with Crippen molar-refractivity contribution in [1.29, 1.82) is 0 Å². The van der Waals surface area contributed by atoms with Crippen LogP contribution in [-0.4, -0.2) is 59.7 Å². The van der Waals surface area contributed by atoms with Crippen molar-refractivity contribution in [2.75, 3.05) is 0 Å². The van der Waals surface area contributed by atoms with Crippen LogP contribution in [0.25, 0.3) is 0 Å². The Hall–Kier alpha value is 2.36. The topological polar surface area (TPSA) is 118 Å². The van der Waals surface area contributed by atoms with Crippen molar-refractivity contribution in [2.24, 2.45) is 0 Å². The van der Waals surface area contributed by atoms with E-state index in [9.17, 15) is 15.2 Å². The summed E-state index contributed by atoms with van der Waals surface area (Å²) in [5.74, 6) is 0. The van der Waals surface area contributed by atoms with E-state index in [2.05, 4.69) is 2.84 Å². The van der Waals surface area contributed by atoms with Gasteiger partial charge < -0.3 is 0 Å². The summed E-state index contributed by atoms with van der Waals surface area (Å²) in [6, 6.07) is 0. The predicted molar refractivity (Wildman–Crippen MR) is 29.9 cm³/mol. The summed E-state index contributed by atoms with van der Waals surface area (Å²) >= 11 is -11.5. The van der Waals surface area contributed by atoms with Gasteiger partial charge in [-0.15, -0.1) is 24.8 Å². The molecule has 0 heterocycles. The summed E-state index contributed by atoms with van der Waals surface area (Å²) in [4.78, 5) is 0. The molecule has 74 valence electrons. The normalized spacial score (nSPS) is 10.2.